The van der Waals surface area contributed by atoms with Crippen LogP contribution in [0.25, 0.3) is 0 Å². The first kappa shape index (κ1) is 23.1. The van der Waals surface area contributed by atoms with Crippen LogP contribution in [0.1, 0.15) is 37.5 Å². The predicted molar refractivity (Wildman–Crippen MR) is 131 cm³/mol. The highest BCUT2D eigenvalue weighted by molar-refractivity contribution is 5.79. The second kappa shape index (κ2) is 10.6. The van der Waals surface area contributed by atoms with Gasteiger partial charge in [-0.15, -0.1) is 0 Å². The Kier molecular flexibility index (Phi) is 7.91. The number of pyridine rings is 1. The lowest BCUT2D eigenvalue weighted by atomic mass is 9.84. The van der Waals surface area contributed by atoms with Crippen molar-refractivity contribution < 1.29 is 0 Å². The fourth-order valence-electron chi connectivity index (χ4n) is 3.87. The first-order valence-corrected chi connectivity index (χ1v) is 11.3. The Labute approximate surface area is 187 Å². The van der Waals surface area contributed by atoms with Gasteiger partial charge in [0.2, 0.25) is 0 Å². The zero-order valence-corrected chi connectivity index (χ0v) is 19.8. The summed E-state index contributed by atoms with van der Waals surface area (Å²) in [7, 11) is 4.00. The van der Waals surface area contributed by atoms with Crippen LogP contribution in [0.2, 0.25) is 0 Å². The van der Waals surface area contributed by atoms with E-state index in [2.05, 4.69) is 88.6 Å². The third-order valence-electron chi connectivity index (χ3n) is 6.18. The van der Waals surface area contributed by atoms with Gasteiger partial charge in [-0.05, 0) is 30.7 Å². The molecule has 168 valence electrons. The highest BCUT2D eigenvalue weighted by atomic mass is 15.3. The molecule has 1 fully saturated rings. The number of hydrogen-bond acceptors (Lipinski definition) is 4. The molecule has 1 aliphatic rings. The number of nitrogens with one attached hydrogen (secondary N) is 2. The van der Waals surface area contributed by atoms with E-state index in [4.69, 9.17) is 0 Å². The van der Waals surface area contributed by atoms with E-state index >= 15 is 0 Å². The van der Waals surface area contributed by atoms with Gasteiger partial charge in [-0.2, -0.15) is 0 Å². The summed E-state index contributed by atoms with van der Waals surface area (Å²) in [5.41, 5.74) is 3.91. The maximum Gasteiger partial charge on any atom is 0.191 e. The number of benzene rings is 1. The minimum atomic E-state index is 0.00316. The van der Waals surface area contributed by atoms with Crippen molar-refractivity contribution in [2.75, 3.05) is 51.7 Å². The molecule has 0 spiro atoms. The molecule has 0 aliphatic carbocycles. The van der Waals surface area contributed by atoms with E-state index in [1.165, 1.54) is 16.7 Å². The van der Waals surface area contributed by atoms with Crippen LogP contribution in [0, 0.1) is 0 Å². The molecule has 0 bridgehead atoms. The van der Waals surface area contributed by atoms with Gasteiger partial charge in [0.25, 0.3) is 0 Å². The second-order valence-corrected chi connectivity index (χ2v) is 8.99. The van der Waals surface area contributed by atoms with Gasteiger partial charge < -0.3 is 20.4 Å². The Hall–Kier alpha value is -2.60. The summed E-state index contributed by atoms with van der Waals surface area (Å²) in [4.78, 5) is 13.9. The van der Waals surface area contributed by atoms with Crippen LogP contribution in [0.15, 0.2) is 47.6 Å². The Morgan fingerprint density at radius 1 is 1.06 bits per heavy atom. The number of guanidine groups is 1. The zero-order chi connectivity index (χ0) is 22.3. The van der Waals surface area contributed by atoms with Crippen LogP contribution in [-0.2, 0) is 18.4 Å². The summed E-state index contributed by atoms with van der Waals surface area (Å²) in [6, 6.07) is 13.1. The molecule has 1 aromatic heterocycles. The summed E-state index contributed by atoms with van der Waals surface area (Å²) in [6.45, 7) is 12.4. The molecule has 1 aliphatic heterocycles. The van der Waals surface area contributed by atoms with Crippen molar-refractivity contribution in [2.24, 2.45) is 4.99 Å². The van der Waals surface area contributed by atoms with E-state index in [0.717, 1.165) is 50.9 Å². The minimum absolute atomic E-state index is 0.00316. The van der Waals surface area contributed by atoms with Crippen molar-refractivity contribution in [1.82, 2.24) is 20.5 Å². The van der Waals surface area contributed by atoms with E-state index in [1.807, 2.05) is 19.3 Å². The van der Waals surface area contributed by atoms with Crippen molar-refractivity contribution in [1.29, 1.82) is 0 Å². The van der Waals surface area contributed by atoms with E-state index in [-0.39, 0.29) is 5.41 Å². The summed E-state index contributed by atoms with van der Waals surface area (Å²) in [5.74, 6) is 1.89. The van der Waals surface area contributed by atoms with Crippen LogP contribution in [0.5, 0.6) is 0 Å². The maximum absolute atomic E-state index is 4.68. The normalized spacial score (nSPS) is 15.8. The Morgan fingerprint density at radius 3 is 2.42 bits per heavy atom. The third-order valence-corrected chi connectivity index (χ3v) is 6.18. The molecule has 0 amide bonds. The first-order chi connectivity index (χ1) is 14.9. The summed E-state index contributed by atoms with van der Waals surface area (Å²) in [5, 5.41) is 6.99. The molecule has 0 saturated carbocycles. The summed E-state index contributed by atoms with van der Waals surface area (Å²) >= 11 is 0. The largest absolute Gasteiger partial charge is 0.356 e. The number of rotatable bonds is 7. The van der Waals surface area contributed by atoms with Crippen molar-refractivity contribution in [3.63, 3.8) is 0 Å². The molecule has 0 unspecified atom stereocenters. The quantitative estimate of drug-likeness (QED) is 0.531. The Bertz CT molecular complexity index is 851. The fourth-order valence-corrected chi connectivity index (χ4v) is 3.87. The molecule has 2 aromatic rings. The lowest BCUT2D eigenvalue weighted by Crippen LogP contribution is -2.46. The number of aliphatic imine (C=N–C) groups is 1. The Balaban J connectivity index is 1.58. The van der Waals surface area contributed by atoms with Crippen LogP contribution >= 0.6 is 0 Å². The molecule has 3 rings (SSSR count). The molecular weight excluding hydrogens is 384 g/mol. The maximum atomic E-state index is 4.68. The van der Waals surface area contributed by atoms with E-state index in [0.29, 0.717) is 6.54 Å². The fraction of sp³-hybridized carbons (Fsp3) is 0.520. The molecule has 0 atom stereocenters. The number of nitrogens with zero attached hydrogens (tertiary/aromatic N) is 4. The standard InChI is InChI=1S/C25H38N6/c1-6-20-9-11-22(12-10-20)25(2,3)19-29-24(26-4)28-18-21-8-7-13-27-23(21)31-16-14-30(5)15-17-31/h7-13H,6,14-19H2,1-5H3,(H2,26,28,29). The summed E-state index contributed by atoms with van der Waals surface area (Å²) in [6.07, 6.45) is 2.95. The van der Waals surface area contributed by atoms with Crippen molar-refractivity contribution >= 4 is 11.8 Å². The van der Waals surface area contributed by atoms with E-state index < -0.39 is 0 Å². The van der Waals surface area contributed by atoms with Gasteiger partial charge in [0.15, 0.2) is 5.96 Å². The molecule has 2 N–H and O–H groups in total. The molecule has 1 aromatic carbocycles. The smallest absolute Gasteiger partial charge is 0.191 e. The van der Waals surface area contributed by atoms with Gasteiger partial charge in [-0.25, -0.2) is 4.98 Å². The molecule has 0 radical (unpaired) electrons. The topological polar surface area (TPSA) is 55.8 Å². The van der Waals surface area contributed by atoms with Crippen molar-refractivity contribution in [3.8, 4) is 0 Å². The number of aromatic nitrogens is 1. The van der Waals surface area contributed by atoms with Gasteiger partial charge in [0.05, 0.1) is 0 Å². The molecule has 6 nitrogen and oxygen atoms in total. The van der Waals surface area contributed by atoms with E-state index in [1.54, 1.807) is 0 Å². The van der Waals surface area contributed by atoms with Crippen molar-refractivity contribution in [2.45, 2.75) is 39.2 Å². The number of aryl methyl sites for hydroxylation is 1. The minimum Gasteiger partial charge on any atom is -0.356 e. The lowest BCUT2D eigenvalue weighted by molar-refractivity contribution is 0.312. The highest BCUT2D eigenvalue weighted by Crippen LogP contribution is 2.23. The van der Waals surface area contributed by atoms with Gasteiger partial charge in [0.1, 0.15) is 5.82 Å². The molecular formula is C25H38N6. The van der Waals surface area contributed by atoms with Gasteiger partial charge in [-0.3, -0.25) is 4.99 Å². The van der Waals surface area contributed by atoms with Crippen LogP contribution in [0.3, 0.4) is 0 Å². The van der Waals surface area contributed by atoms with Crippen LogP contribution in [0.4, 0.5) is 5.82 Å². The Morgan fingerprint density at radius 2 is 1.77 bits per heavy atom. The first-order valence-electron chi connectivity index (χ1n) is 11.3. The monoisotopic (exact) mass is 422 g/mol. The third kappa shape index (κ3) is 6.20. The molecule has 1 saturated heterocycles. The van der Waals surface area contributed by atoms with E-state index in [9.17, 15) is 0 Å². The zero-order valence-electron chi connectivity index (χ0n) is 19.8. The number of anilines is 1. The SMILES string of the molecule is CCc1ccc(C(C)(C)CNC(=NC)NCc2cccnc2N2CCN(C)CC2)cc1. The van der Waals surface area contributed by atoms with Crippen molar-refractivity contribution in [3.05, 3.63) is 59.3 Å². The van der Waals surface area contributed by atoms with Gasteiger partial charge >= 0.3 is 0 Å². The number of hydrogen-bond donors (Lipinski definition) is 2. The van der Waals surface area contributed by atoms with Gasteiger partial charge in [-0.1, -0.05) is 51.1 Å². The second-order valence-electron chi connectivity index (χ2n) is 8.99. The average Bonchev–Trinajstić information content (AvgIpc) is 2.80. The highest BCUT2D eigenvalue weighted by Gasteiger charge is 2.21. The molecule has 31 heavy (non-hydrogen) atoms. The summed E-state index contributed by atoms with van der Waals surface area (Å²) < 4.78 is 0. The average molecular weight is 423 g/mol. The lowest BCUT2D eigenvalue weighted by Gasteiger charge is -2.34. The van der Waals surface area contributed by atoms with Crippen LogP contribution < -0.4 is 15.5 Å². The number of likely N-dealkylation sites (N-methyl/N-ethyl adjacent to an activating group) is 1. The predicted octanol–water partition coefficient (Wildman–Crippen LogP) is 3.04. The molecule has 2 heterocycles. The number of piperazine rings is 1. The van der Waals surface area contributed by atoms with Gasteiger partial charge in [0, 0.05) is 63.5 Å². The molecule has 6 heteroatoms. The van der Waals surface area contributed by atoms with Crippen LogP contribution in [-0.4, -0.2) is 62.7 Å².